The molecule has 0 saturated heterocycles. The van der Waals surface area contributed by atoms with Crippen LogP contribution < -0.4 is 16.0 Å². The molecule has 0 fully saturated rings. The van der Waals surface area contributed by atoms with Gasteiger partial charge in [-0.1, -0.05) is 13.0 Å². The lowest BCUT2D eigenvalue weighted by atomic mass is 10.2. The number of carbonyl (C=O) groups excluding carboxylic acids is 1. The van der Waals surface area contributed by atoms with Crippen LogP contribution in [0.2, 0.25) is 0 Å². The van der Waals surface area contributed by atoms with E-state index in [-0.39, 0.29) is 18.7 Å². The topological polar surface area (TPSA) is 102 Å². The first-order valence-corrected chi connectivity index (χ1v) is 9.23. The van der Waals surface area contributed by atoms with Crippen molar-refractivity contribution in [2.24, 2.45) is 0 Å². The van der Waals surface area contributed by atoms with Gasteiger partial charge in [-0.25, -0.2) is 9.78 Å². The van der Waals surface area contributed by atoms with Gasteiger partial charge in [0.1, 0.15) is 5.82 Å². The number of hydrogen-bond acceptors (Lipinski definition) is 6. The molecule has 8 nitrogen and oxygen atoms in total. The van der Waals surface area contributed by atoms with Crippen LogP contribution in [0.4, 0.5) is 27.9 Å². The van der Waals surface area contributed by atoms with Gasteiger partial charge in [-0.2, -0.15) is 4.98 Å². The number of nitrogens with one attached hydrogen (secondary N) is 3. The van der Waals surface area contributed by atoms with Gasteiger partial charge in [0, 0.05) is 30.7 Å². The smallest absolute Gasteiger partial charge is 0.321 e. The fraction of sp³-hybridized carbons (Fsp3) is 0.421. The van der Waals surface area contributed by atoms with Gasteiger partial charge < -0.3 is 26.0 Å². The van der Waals surface area contributed by atoms with Crippen molar-refractivity contribution in [3.05, 3.63) is 36.5 Å². The highest BCUT2D eigenvalue weighted by Gasteiger charge is 2.10. The van der Waals surface area contributed by atoms with E-state index in [1.165, 1.54) is 0 Å². The molecule has 0 unspecified atom stereocenters. The summed E-state index contributed by atoms with van der Waals surface area (Å²) < 4.78 is 0. The lowest BCUT2D eigenvalue weighted by molar-refractivity contribution is 0.217. The molecule has 27 heavy (non-hydrogen) atoms. The summed E-state index contributed by atoms with van der Waals surface area (Å²) in [6.45, 7) is 7.23. The molecule has 1 heterocycles. The number of benzene rings is 1. The molecule has 1 aromatic carbocycles. The summed E-state index contributed by atoms with van der Waals surface area (Å²) in [6, 6.07) is 8.96. The van der Waals surface area contributed by atoms with E-state index in [4.69, 9.17) is 0 Å². The second kappa shape index (κ2) is 10.3. The molecular formula is C19H28N6O2. The number of aromatic nitrogens is 2. The molecule has 0 aliphatic heterocycles. The number of anilines is 4. The van der Waals surface area contributed by atoms with Gasteiger partial charge in [0.25, 0.3) is 0 Å². The van der Waals surface area contributed by atoms with Crippen molar-refractivity contribution in [3.8, 4) is 0 Å². The van der Waals surface area contributed by atoms with Crippen LogP contribution >= 0.6 is 0 Å². The molecule has 0 spiro atoms. The molecular weight excluding hydrogens is 344 g/mol. The van der Waals surface area contributed by atoms with Gasteiger partial charge in [0.15, 0.2) is 0 Å². The number of carbonyl (C=O) groups is 1. The summed E-state index contributed by atoms with van der Waals surface area (Å²) in [5.41, 5.74) is 1.45. The quantitative estimate of drug-likeness (QED) is 0.539. The van der Waals surface area contributed by atoms with Crippen LogP contribution in [0.5, 0.6) is 0 Å². The molecule has 0 aliphatic rings. The Hall–Kier alpha value is -2.87. The normalized spacial score (nSPS) is 11.6. The van der Waals surface area contributed by atoms with Gasteiger partial charge in [-0.05, 0) is 44.5 Å². The molecule has 0 aliphatic carbocycles. The van der Waals surface area contributed by atoms with Crippen molar-refractivity contribution in [2.75, 3.05) is 35.6 Å². The largest absolute Gasteiger partial charge is 0.394 e. The zero-order valence-electron chi connectivity index (χ0n) is 16.1. The monoisotopic (exact) mass is 372 g/mol. The third-order valence-electron chi connectivity index (χ3n) is 4.14. The highest BCUT2D eigenvalue weighted by atomic mass is 16.3. The predicted molar refractivity (Wildman–Crippen MR) is 108 cm³/mol. The summed E-state index contributed by atoms with van der Waals surface area (Å²) >= 11 is 0. The van der Waals surface area contributed by atoms with Gasteiger partial charge in [-0.3, -0.25) is 0 Å². The van der Waals surface area contributed by atoms with E-state index in [1.54, 1.807) is 17.2 Å². The molecule has 146 valence electrons. The minimum absolute atomic E-state index is 0.0392. The molecule has 8 heteroatoms. The molecule has 2 amide bonds. The lowest BCUT2D eigenvalue weighted by Gasteiger charge is -2.19. The van der Waals surface area contributed by atoms with Crippen molar-refractivity contribution >= 4 is 29.2 Å². The Morgan fingerprint density at radius 1 is 1.19 bits per heavy atom. The number of rotatable bonds is 9. The minimum atomic E-state index is -0.130. The average Bonchev–Trinajstić information content (AvgIpc) is 2.67. The Morgan fingerprint density at radius 3 is 2.59 bits per heavy atom. The Balaban J connectivity index is 2.06. The number of aliphatic hydroxyl groups excluding tert-OH is 1. The Labute approximate surface area is 160 Å². The number of hydrogen-bond donors (Lipinski definition) is 4. The standard InChI is InChI=1S/C19H28N6O2/c1-4-14(13-26)21-17-10-11-20-18(24-17)22-15-8-7-9-16(12-15)23-19(27)25(5-2)6-3/h7-12,14,26H,4-6,13H2,1-3H3,(H,23,27)(H2,20,21,22,24)/t14-/m0/s1. The molecule has 4 N–H and O–H groups in total. The summed E-state index contributed by atoms with van der Waals surface area (Å²) in [4.78, 5) is 22.5. The maximum Gasteiger partial charge on any atom is 0.321 e. The first kappa shape index (κ1) is 20.4. The van der Waals surface area contributed by atoms with E-state index in [0.29, 0.717) is 30.5 Å². The van der Waals surface area contributed by atoms with Crippen LogP contribution in [-0.2, 0) is 0 Å². The zero-order chi connectivity index (χ0) is 19.6. The van der Waals surface area contributed by atoms with Crippen LogP contribution in [0.3, 0.4) is 0 Å². The molecule has 2 rings (SSSR count). The van der Waals surface area contributed by atoms with Gasteiger partial charge in [-0.15, -0.1) is 0 Å². The van der Waals surface area contributed by atoms with E-state index < -0.39 is 0 Å². The minimum Gasteiger partial charge on any atom is -0.394 e. The van der Waals surface area contributed by atoms with E-state index in [0.717, 1.165) is 12.1 Å². The highest BCUT2D eigenvalue weighted by Crippen LogP contribution is 2.19. The van der Waals surface area contributed by atoms with Crippen LogP contribution in [0.25, 0.3) is 0 Å². The Kier molecular flexibility index (Phi) is 7.81. The van der Waals surface area contributed by atoms with Gasteiger partial charge in [0.05, 0.1) is 12.6 Å². The second-order valence-electron chi connectivity index (χ2n) is 6.01. The highest BCUT2D eigenvalue weighted by molar-refractivity contribution is 5.90. The number of urea groups is 1. The number of nitrogens with zero attached hydrogens (tertiary/aromatic N) is 3. The molecule has 0 bridgehead atoms. The van der Waals surface area contributed by atoms with Crippen molar-refractivity contribution in [1.29, 1.82) is 0 Å². The summed E-state index contributed by atoms with van der Waals surface area (Å²) in [5, 5.41) is 18.5. The van der Waals surface area contributed by atoms with Gasteiger partial charge in [0.2, 0.25) is 5.95 Å². The number of aliphatic hydroxyl groups is 1. The first-order valence-electron chi connectivity index (χ1n) is 9.23. The first-order chi connectivity index (χ1) is 13.1. The van der Waals surface area contributed by atoms with Crippen LogP contribution in [0.15, 0.2) is 36.5 Å². The summed E-state index contributed by atoms with van der Waals surface area (Å²) in [5.74, 6) is 1.07. The van der Waals surface area contributed by atoms with E-state index in [1.807, 2.05) is 45.0 Å². The van der Waals surface area contributed by atoms with Gasteiger partial charge >= 0.3 is 6.03 Å². The third kappa shape index (κ3) is 6.10. The Morgan fingerprint density at radius 2 is 1.93 bits per heavy atom. The molecule has 0 radical (unpaired) electrons. The van der Waals surface area contributed by atoms with Crippen LogP contribution in [-0.4, -0.2) is 51.7 Å². The second-order valence-corrected chi connectivity index (χ2v) is 6.01. The summed E-state index contributed by atoms with van der Waals surface area (Å²) in [7, 11) is 0. The maximum absolute atomic E-state index is 12.2. The maximum atomic E-state index is 12.2. The molecule has 2 aromatic rings. The molecule has 0 saturated carbocycles. The van der Waals surface area contributed by atoms with Crippen molar-refractivity contribution in [3.63, 3.8) is 0 Å². The summed E-state index contributed by atoms with van der Waals surface area (Å²) in [6.07, 6.45) is 2.44. The van der Waals surface area contributed by atoms with Crippen LogP contribution in [0, 0.1) is 0 Å². The average molecular weight is 372 g/mol. The number of amides is 2. The fourth-order valence-electron chi connectivity index (χ4n) is 2.50. The van der Waals surface area contributed by atoms with Crippen molar-refractivity contribution < 1.29 is 9.90 Å². The fourth-order valence-corrected chi connectivity index (χ4v) is 2.50. The molecule has 1 aromatic heterocycles. The SMILES string of the molecule is CC[C@@H](CO)Nc1ccnc(Nc2cccc(NC(=O)N(CC)CC)c2)n1. The van der Waals surface area contributed by atoms with E-state index in [9.17, 15) is 9.90 Å². The Bertz CT molecular complexity index is 732. The van der Waals surface area contributed by atoms with Crippen molar-refractivity contribution in [2.45, 2.75) is 33.2 Å². The van der Waals surface area contributed by atoms with Crippen molar-refractivity contribution in [1.82, 2.24) is 14.9 Å². The third-order valence-corrected chi connectivity index (χ3v) is 4.14. The predicted octanol–water partition coefficient (Wildman–Crippen LogP) is 3.28. The van der Waals surface area contributed by atoms with Crippen LogP contribution in [0.1, 0.15) is 27.2 Å². The lowest BCUT2D eigenvalue weighted by Crippen LogP contribution is -2.34. The van der Waals surface area contributed by atoms with E-state index >= 15 is 0 Å². The zero-order valence-corrected chi connectivity index (χ0v) is 16.1. The molecule has 1 atom stereocenters. The van der Waals surface area contributed by atoms with E-state index in [2.05, 4.69) is 25.9 Å².